The van der Waals surface area contributed by atoms with Crippen molar-refractivity contribution >= 4 is 33.2 Å². The summed E-state index contributed by atoms with van der Waals surface area (Å²) in [6, 6.07) is 1.64. The summed E-state index contributed by atoms with van der Waals surface area (Å²) in [6.07, 6.45) is -4.11. The molecule has 2 aromatic heterocycles. The summed E-state index contributed by atoms with van der Waals surface area (Å²) in [5, 5.41) is 2.02. The molecule has 7 nitrogen and oxygen atoms in total. The molecule has 0 saturated carbocycles. The second-order valence-electron chi connectivity index (χ2n) is 5.85. The summed E-state index contributed by atoms with van der Waals surface area (Å²) in [4.78, 5) is 16.6. The third-order valence-corrected chi connectivity index (χ3v) is 6.65. The zero-order chi connectivity index (χ0) is 21.1. The van der Waals surface area contributed by atoms with Gasteiger partial charge in [0.05, 0.1) is 12.2 Å². The third kappa shape index (κ3) is 5.66. The molecular weight excluding hydrogens is 419 g/mol. The van der Waals surface area contributed by atoms with Gasteiger partial charge in [-0.1, -0.05) is 0 Å². The van der Waals surface area contributed by atoms with E-state index >= 15 is 0 Å². The fraction of sp³-hybridized carbons (Fsp3) is 0.375. The van der Waals surface area contributed by atoms with Crippen LogP contribution in [0.3, 0.4) is 0 Å². The number of carbonyl (C=O) groups excluding carboxylic acids is 1. The standard InChI is InChI=1S/C16H18F3N3O4S2/c1-9-6-14(27-12(9)4-5-26-3)28(24,25)22-15(23)21-13-8-11(16(17,18)19)7-10(2)20-13/h6-8H,4-5H2,1-3H3,(H2,20,21,22,23). The van der Waals surface area contributed by atoms with Gasteiger partial charge in [0, 0.05) is 24.1 Å². The van der Waals surface area contributed by atoms with Crippen molar-refractivity contribution in [2.45, 2.75) is 30.7 Å². The Morgan fingerprint density at radius 1 is 1.25 bits per heavy atom. The smallest absolute Gasteiger partial charge is 0.384 e. The molecule has 0 aromatic carbocycles. The molecule has 0 aliphatic carbocycles. The number of alkyl halides is 3. The number of nitrogens with one attached hydrogen (secondary N) is 2. The minimum atomic E-state index is -4.63. The molecule has 2 N–H and O–H groups in total. The van der Waals surface area contributed by atoms with Gasteiger partial charge in [-0.25, -0.2) is 22.9 Å². The fourth-order valence-corrected chi connectivity index (χ4v) is 4.75. The first-order chi connectivity index (χ1) is 12.9. The molecule has 2 aromatic rings. The van der Waals surface area contributed by atoms with Crippen LogP contribution in [-0.4, -0.2) is 33.1 Å². The SMILES string of the molecule is COCCc1sc(S(=O)(=O)NC(=O)Nc2cc(C(F)(F)F)cc(C)n2)cc1C. The van der Waals surface area contributed by atoms with Gasteiger partial charge >= 0.3 is 12.2 Å². The maximum Gasteiger partial charge on any atom is 0.416 e. The topological polar surface area (TPSA) is 97.4 Å². The Labute approximate surface area is 164 Å². The lowest BCUT2D eigenvalue weighted by atomic mass is 10.2. The average Bonchev–Trinajstić information content (AvgIpc) is 2.92. The van der Waals surface area contributed by atoms with Crippen molar-refractivity contribution in [3.63, 3.8) is 0 Å². The summed E-state index contributed by atoms with van der Waals surface area (Å²) >= 11 is 0.988. The molecular formula is C16H18F3N3O4S2. The predicted octanol–water partition coefficient (Wildman–Crippen LogP) is 3.48. The number of hydrogen-bond donors (Lipinski definition) is 2. The van der Waals surface area contributed by atoms with Gasteiger partial charge < -0.3 is 4.74 Å². The third-order valence-electron chi connectivity index (χ3n) is 3.55. The van der Waals surface area contributed by atoms with Crippen LogP contribution in [0.4, 0.5) is 23.8 Å². The van der Waals surface area contributed by atoms with Crippen LogP contribution >= 0.6 is 11.3 Å². The zero-order valence-corrected chi connectivity index (χ0v) is 16.8. The van der Waals surface area contributed by atoms with Gasteiger partial charge in [0.25, 0.3) is 10.0 Å². The number of ether oxygens (including phenoxy) is 1. The number of amides is 2. The van der Waals surface area contributed by atoms with E-state index in [-0.39, 0.29) is 9.90 Å². The Balaban J connectivity index is 2.15. The van der Waals surface area contributed by atoms with E-state index in [1.54, 1.807) is 11.6 Å². The van der Waals surface area contributed by atoms with Crippen LogP contribution < -0.4 is 10.0 Å². The van der Waals surface area contributed by atoms with E-state index in [2.05, 4.69) is 4.98 Å². The number of methoxy groups -OCH3 is 1. The maximum atomic E-state index is 12.8. The number of aryl methyl sites for hydroxylation is 2. The normalized spacial score (nSPS) is 12.1. The molecule has 2 rings (SSSR count). The predicted molar refractivity (Wildman–Crippen MR) is 98.0 cm³/mol. The highest BCUT2D eigenvalue weighted by atomic mass is 32.2. The van der Waals surface area contributed by atoms with E-state index in [0.29, 0.717) is 19.1 Å². The van der Waals surface area contributed by atoms with Crippen molar-refractivity contribution in [1.29, 1.82) is 0 Å². The Bertz CT molecular complexity index is 972. The highest BCUT2D eigenvalue weighted by Crippen LogP contribution is 2.31. The second kappa shape index (κ2) is 8.45. The van der Waals surface area contributed by atoms with Crippen molar-refractivity contribution < 1.29 is 31.1 Å². The average molecular weight is 437 g/mol. The molecule has 0 aliphatic rings. The van der Waals surface area contributed by atoms with Crippen LogP contribution in [0.2, 0.25) is 0 Å². The number of hydrogen-bond acceptors (Lipinski definition) is 6. The molecule has 0 saturated heterocycles. The lowest BCUT2D eigenvalue weighted by molar-refractivity contribution is -0.137. The van der Waals surface area contributed by atoms with Gasteiger partial charge in [-0.3, -0.25) is 5.32 Å². The van der Waals surface area contributed by atoms with E-state index in [0.717, 1.165) is 27.8 Å². The number of nitrogens with zero attached hydrogens (tertiary/aromatic N) is 1. The molecule has 12 heteroatoms. The molecule has 0 atom stereocenters. The van der Waals surface area contributed by atoms with Gasteiger partial charge in [0.1, 0.15) is 10.0 Å². The fourth-order valence-electron chi connectivity index (χ4n) is 2.27. The van der Waals surface area contributed by atoms with Crippen LogP contribution in [0.1, 0.15) is 21.7 Å². The van der Waals surface area contributed by atoms with Crippen molar-refractivity contribution in [3.8, 4) is 0 Å². The summed E-state index contributed by atoms with van der Waals surface area (Å²) < 4.78 is 69.9. The molecule has 28 heavy (non-hydrogen) atoms. The van der Waals surface area contributed by atoms with E-state index < -0.39 is 33.6 Å². The van der Waals surface area contributed by atoms with Crippen molar-refractivity contribution in [1.82, 2.24) is 9.71 Å². The molecule has 0 fully saturated rings. The zero-order valence-electron chi connectivity index (χ0n) is 15.2. The minimum Gasteiger partial charge on any atom is -0.384 e. The van der Waals surface area contributed by atoms with Gasteiger partial charge in [-0.15, -0.1) is 11.3 Å². The molecule has 0 bridgehead atoms. The van der Waals surface area contributed by atoms with Crippen LogP contribution in [0.15, 0.2) is 22.4 Å². The number of pyridine rings is 1. The number of halogens is 3. The lowest BCUT2D eigenvalue weighted by Gasteiger charge is -2.11. The first kappa shape index (κ1) is 22.1. The van der Waals surface area contributed by atoms with Crippen molar-refractivity contribution in [2.75, 3.05) is 19.0 Å². The van der Waals surface area contributed by atoms with Crippen molar-refractivity contribution in [3.05, 3.63) is 39.9 Å². The first-order valence-electron chi connectivity index (χ1n) is 7.90. The molecule has 0 aliphatic heterocycles. The first-order valence-corrected chi connectivity index (χ1v) is 10.2. The number of sulfonamides is 1. The number of aromatic nitrogens is 1. The largest absolute Gasteiger partial charge is 0.416 e. The quantitative estimate of drug-likeness (QED) is 0.721. The molecule has 2 amide bonds. The van der Waals surface area contributed by atoms with E-state index in [1.165, 1.54) is 20.1 Å². The number of rotatable bonds is 6. The number of urea groups is 1. The van der Waals surface area contributed by atoms with E-state index in [4.69, 9.17) is 4.74 Å². The molecule has 0 spiro atoms. The molecule has 154 valence electrons. The van der Waals surface area contributed by atoms with Crippen LogP contribution in [0.5, 0.6) is 0 Å². The maximum absolute atomic E-state index is 12.8. The number of carbonyl (C=O) groups is 1. The molecule has 0 radical (unpaired) electrons. The van der Waals surface area contributed by atoms with Gasteiger partial charge in [-0.05, 0) is 37.6 Å². The monoisotopic (exact) mass is 437 g/mol. The van der Waals surface area contributed by atoms with Crippen molar-refractivity contribution in [2.24, 2.45) is 0 Å². The minimum absolute atomic E-state index is 0.0182. The van der Waals surface area contributed by atoms with Gasteiger partial charge in [0.2, 0.25) is 0 Å². The van der Waals surface area contributed by atoms with E-state index in [9.17, 15) is 26.4 Å². The van der Waals surface area contributed by atoms with Gasteiger partial charge in [-0.2, -0.15) is 13.2 Å². The Morgan fingerprint density at radius 3 is 2.54 bits per heavy atom. The van der Waals surface area contributed by atoms with Crippen LogP contribution in [0, 0.1) is 13.8 Å². The summed E-state index contributed by atoms with van der Waals surface area (Å²) in [6.45, 7) is 3.47. The Hall–Kier alpha value is -2.18. The van der Waals surface area contributed by atoms with E-state index in [1.807, 2.05) is 5.32 Å². The Morgan fingerprint density at radius 2 is 1.93 bits per heavy atom. The highest BCUT2D eigenvalue weighted by Gasteiger charge is 2.31. The van der Waals surface area contributed by atoms with Crippen LogP contribution in [-0.2, 0) is 27.4 Å². The summed E-state index contributed by atoms with van der Waals surface area (Å²) in [5.41, 5.74) is -0.252. The number of anilines is 1. The lowest BCUT2D eigenvalue weighted by Crippen LogP contribution is -2.34. The molecule has 2 heterocycles. The Kier molecular flexibility index (Phi) is 6.67. The highest BCUT2D eigenvalue weighted by molar-refractivity contribution is 7.92. The van der Waals surface area contributed by atoms with Crippen LogP contribution in [0.25, 0.3) is 0 Å². The number of thiophene rings is 1. The summed E-state index contributed by atoms with van der Waals surface area (Å²) in [7, 11) is -2.67. The summed E-state index contributed by atoms with van der Waals surface area (Å²) in [5.74, 6) is -0.414. The second-order valence-corrected chi connectivity index (χ2v) is 8.90. The molecule has 0 unspecified atom stereocenters. The van der Waals surface area contributed by atoms with Gasteiger partial charge in [0.15, 0.2) is 0 Å².